The van der Waals surface area contributed by atoms with Crippen LogP contribution in [0.3, 0.4) is 0 Å². The summed E-state index contributed by atoms with van der Waals surface area (Å²) in [5.74, 6) is -0.0166. The van der Waals surface area contributed by atoms with E-state index in [2.05, 4.69) is 16.0 Å². The summed E-state index contributed by atoms with van der Waals surface area (Å²) in [6.45, 7) is 2.01. The fourth-order valence-corrected chi connectivity index (χ4v) is 2.28. The average molecular weight is 262 g/mol. The maximum absolute atomic E-state index is 12.1. The normalized spacial score (nSPS) is 11.2. The van der Waals surface area contributed by atoms with E-state index in [1.54, 1.807) is 30.6 Å². The molecule has 20 heavy (non-hydrogen) atoms. The third-order valence-electron chi connectivity index (χ3n) is 3.31. The van der Waals surface area contributed by atoms with E-state index >= 15 is 0 Å². The summed E-state index contributed by atoms with van der Waals surface area (Å²) in [5, 5.41) is 1.13. The molecular weight excluding hydrogens is 248 g/mol. The minimum atomic E-state index is -0.0166. The van der Waals surface area contributed by atoms with E-state index in [0.717, 1.165) is 22.2 Å². The van der Waals surface area contributed by atoms with Crippen molar-refractivity contribution in [3.8, 4) is 0 Å². The van der Waals surface area contributed by atoms with Gasteiger partial charge in [-0.2, -0.15) is 0 Å². The maximum Gasteiger partial charge on any atom is 0.185 e. The van der Waals surface area contributed by atoms with E-state index in [9.17, 15) is 4.79 Å². The van der Waals surface area contributed by atoms with Gasteiger partial charge in [-0.1, -0.05) is 18.2 Å². The second-order valence-corrected chi connectivity index (χ2v) is 4.64. The van der Waals surface area contributed by atoms with E-state index in [1.807, 2.05) is 31.2 Å². The number of aromatic amines is 1. The van der Waals surface area contributed by atoms with Crippen LogP contribution in [0.5, 0.6) is 0 Å². The number of fused-ring (bicyclic) bond motifs is 1. The zero-order valence-electron chi connectivity index (χ0n) is 11.1. The second kappa shape index (κ2) is 5.13. The highest BCUT2D eigenvalue weighted by atomic mass is 16.1. The smallest absolute Gasteiger partial charge is 0.185 e. The highest BCUT2D eigenvalue weighted by Crippen LogP contribution is 2.23. The number of nitrogens with zero attached hydrogens (tertiary/aromatic N) is 1. The van der Waals surface area contributed by atoms with E-state index in [-0.39, 0.29) is 5.78 Å². The van der Waals surface area contributed by atoms with Gasteiger partial charge in [0.05, 0.1) is 0 Å². The number of allylic oxidation sites excluding steroid dienone is 1. The van der Waals surface area contributed by atoms with Crippen molar-refractivity contribution in [1.29, 1.82) is 0 Å². The summed E-state index contributed by atoms with van der Waals surface area (Å²) in [6.07, 6.45) is 6.73. The number of pyridine rings is 1. The van der Waals surface area contributed by atoms with Crippen LogP contribution in [0.1, 0.15) is 21.6 Å². The topological polar surface area (TPSA) is 45.8 Å². The van der Waals surface area contributed by atoms with Crippen molar-refractivity contribution in [2.45, 2.75) is 6.92 Å². The van der Waals surface area contributed by atoms with Gasteiger partial charge >= 0.3 is 0 Å². The number of carbonyl (C=O) groups is 1. The first-order chi connectivity index (χ1) is 9.75. The van der Waals surface area contributed by atoms with Crippen LogP contribution in [0.15, 0.2) is 54.9 Å². The van der Waals surface area contributed by atoms with Crippen molar-refractivity contribution in [1.82, 2.24) is 9.97 Å². The van der Waals surface area contributed by atoms with Gasteiger partial charge in [-0.3, -0.25) is 9.78 Å². The Bertz CT molecular complexity index is 785. The number of nitrogens with one attached hydrogen (secondary N) is 1. The molecular formula is C17H14N2O. The molecule has 0 bridgehead atoms. The number of aromatic nitrogens is 2. The number of benzene rings is 1. The molecule has 0 aliphatic heterocycles. The molecule has 0 aliphatic rings. The lowest BCUT2D eigenvalue weighted by Crippen LogP contribution is -1.93. The molecule has 0 unspecified atom stereocenters. The fourth-order valence-electron chi connectivity index (χ4n) is 2.28. The molecule has 98 valence electrons. The van der Waals surface area contributed by atoms with Gasteiger partial charge in [-0.05, 0) is 37.3 Å². The van der Waals surface area contributed by atoms with Crippen molar-refractivity contribution in [3.63, 3.8) is 0 Å². The van der Waals surface area contributed by atoms with Crippen LogP contribution in [-0.2, 0) is 0 Å². The van der Waals surface area contributed by atoms with Gasteiger partial charge in [0.1, 0.15) is 0 Å². The van der Waals surface area contributed by atoms with E-state index < -0.39 is 0 Å². The molecule has 0 atom stereocenters. The molecule has 1 N–H and O–H groups in total. The number of hydrogen-bond donors (Lipinski definition) is 1. The van der Waals surface area contributed by atoms with Gasteiger partial charge in [0.2, 0.25) is 0 Å². The molecule has 0 spiro atoms. The van der Waals surface area contributed by atoms with Crippen LogP contribution in [0.4, 0.5) is 0 Å². The van der Waals surface area contributed by atoms with Crippen molar-refractivity contribution >= 4 is 22.8 Å². The standard InChI is InChI=1S/C17H14N2O/c1-12-14(15-4-2-3-5-16(15)19-12)6-7-17(20)13-8-10-18-11-9-13/h2-11,19H,1H3/b7-6+. The maximum atomic E-state index is 12.1. The van der Waals surface area contributed by atoms with Crippen LogP contribution in [0.25, 0.3) is 17.0 Å². The van der Waals surface area contributed by atoms with E-state index in [4.69, 9.17) is 0 Å². The number of para-hydroxylation sites is 1. The molecule has 0 saturated carbocycles. The van der Waals surface area contributed by atoms with Crippen molar-refractivity contribution in [3.05, 3.63) is 71.7 Å². The lowest BCUT2D eigenvalue weighted by Gasteiger charge is -1.95. The third-order valence-corrected chi connectivity index (χ3v) is 3.31. The Hall–Kier alpha value is -2.68. The number of carbonyl (C=O) groups excluding carboxylic acids is 1. The second-order valence-electron chi connectivity index (χ2n) is 4.64. The number of hydrogen-bond acceptors (Lipinski definition) is 2. The summed E-state index contributed by atoms with van der Waals surface area (Å²) in [5.41, 5.74) is 3.85. The molecule has 1 aromatic carbocycles. The Morgan fingerprint density at radius 1 is 1.15 bits per heavy atom. The van der Waals surface area contributed by atoms with E-state index in [1.165, 1.54) is 0 Å². The summed E-state index contributed by atoms with van der Waals surface area (Å²) in [7, 11) is 0. The zero-order valence-corrected chi connectivity index (χ0v) is 11.1. The summed E-state index contributed by atoms with van der Waals surface area (Å²) in [4.78, 5) is 19.3. The Morgan fingerprint density at radius 3 is 2.70 bits per heavy atom. The van der Waals surface area contributed by atoms with E-state index in [0.29, 0.717) is 5.56 Å². The van der Waals surface area contributed by atoms with Gasteiger partial charge in [-0.15, -0.1) is 0 Å². The summed E-state index contributed by atoms with van der Waals surface area (Å²) < 4.78 is 0. The Balaban J connectivity index is 1.95. The van der Waals surface area contributed by atoms with Crippen LogP contribution in [0, 0.1) is 6.92 Å². The predicted molar refractivity (Wildman–Crippen MR) is 80.6 cm³/mol. The fraction of sp³-hybridized carbons (Fsp3) is 0.0588. The minimum absolute atomic E-state index is 0.0166. The number of aryl methyl sites for hydroxylation is 1. The SMILES string of the molecule is Cc1[nH]c2ccccc2c1/C=C/C(=O)c1ccncc1. The van der Waals surface area contributed by atoms with Gasteiger partial charge in [-0.25, -0.2) is 0 Å². The molecule has 2 aromatic heterocycles. The van der Waals surface area contributed by atoms with Crippen LogP contribution >= 0.6 is 0 Å². The number of rotatable bonds is 3. The van der Waals surface area contributed by atoms with Crippen molar-refractivity contribution in [2.24, 2.45) is 0 Å². The quantitative estimate of drug-likeness (QED) is 0.577. The first-order valence-corrected chi connectivity index (χ1v) is 6.45. The lowest BCUT2D eigenvalue weighted by molar-refractivity contribution is 0.104. The minimum Gasteiger partial charge on any atom is -0.358 e. The first kappa shape index (κ1) is 12.4. The highest BCUT2D eigenvalue weighted by molar-refractivity contribution is 6.07. The lowest BCUT2D eigenvalue weighted by atomic mass is 10.1. The molecule has 0 fully saturated rings. The predicted octanol–water partition coefficient (Wildman–Crippen LogP) is 3.77. The molecule has 3 nitrogen and oxygen atoms in total. The molecule has 0 aliphatic carbocycles. The van der Waals surface area contributed by atoms with Gasteiger partial charge in [0.25, 0.3) is 0 Å². The summed E-state index contributed by atoms with van der Waals surface area (Å²) in [6, 6.07) is 11.5. The molecule has 3 aromatic rings. The average Bonchev–Trinajstić information content (AvgIpc) is 2.81. The van der Waals surface area contributed by atoms with Crippen molar-refractivity contribution < 1.29 is 4.79 Å². The third kappa shape index (κ3) is 2.26. The Morgan fingerprint density at radius 2 is 1.90 bits per heavy atom. The Kier molecular flexibility index (Phi) is 3.17. The summed E-state index contributed by atoms with van der Waals surface area (Å²) >= 11 is 0. The highest BCUT2D eigenvalue weighted by Gasteiger charge is 2.06. The van der Waals surface area contributed by atoms with Gasteiger partial charge < -0.3 is 4.98 Å². The van der Waals surface area contributed by atoms with Gasteiger partial charge in [0, 0.05) is 40.1 Å². The molecule has 3 heteroatoms. The molecule has 0 saturated heterocycles. The first-order valence-electron chi connectivity index (χ1n) is 6.45. The zero-order chi connectivity index (χ0) is 13.9. The van der Waals surface area contributed by atoms with Crippen LogP contribution in [0.2, 0.25) is 0 Å². The van der Waals surface area contributed by atoms with Crippen LogP contribution in [-0.4, -0.2) is 15.8 Å². The monoisotopic (exact) mass is 262 g/mol. The molecule has 3 rings (SSSR count). The van der Waals surface area contributed by atoms with Gasteiger partial charge in [0.15, 0.2) is 5.78 Å². The molecule has 2 heterocycles. The molecule has 0 radical (unpaired) electrons. The number of H-pyrrole nitrogens is 1. The largest absolute Gasteiger partial charge is 0.358 e. The Labute approximate surface area is 117 Å². The van der Waals surface area contributed by atoms with Crippen molar-refractivity contribution in [2.75, 3.05) is 0 Å². The number of ketones is 1. The molecule has 0 amide bonds. The van der Waals surface area contributed by atoms with Crippen LogP contribution < -0.4 is 0 Å².